The lowest BCUT2D eigenvalue weighted by atomic mass is 9.97. The fourth-order valence-corrected chi connectivity index (χ4v) is 4.44. The quantitative estimate of drug-likeness (QED) is 0.568. The van der Waals surface area contributed by atoms with Crippen LogP contribution in [0.1, 0.15) is 12.0 Å². The van der Waals surface area contributed by atoms with Gasteiger partial charge in [-0.25, -0.2) is 0 Å². The van der Waals surface area contributed by atoms with Gasteiger partial charge in [0.05, 0.1) is 4.90 Å². The van der Waals surface area contributed by atoms with Crippen LogP contribution in [0.4, 0.5) is 0 Å². The van der Waals surface area contributed by atoms with Gasteiger partial charge in [0.25, 0.3) is 0 Å². The monoisotopic (exact) mass is 413 g/mol. The van der Waals surface area contributed by atoms with E-state index in [9.17, 15) is 8.42 Å². The Bertz CT molecular complexity index is 1110. The van der Waals surface area contributed by atoms with Gasteiger partial charge in [-0.15, -0.1) is 0 Å². The zero-order valence-electron chi connectivity index (χ0n) is 15.4. The van der Waals surface area contributed by atoms with Crippen molar-refractivity contribution in [2.24, 2.45) is 0 Å². The smallest absolute Gasteiger partial charge is 0.192 e. The maximum Gasteiger partial charge on any atom is 0.313 e. The summed E-state index contributed by atoms with van der Waals surface area (Å²) in [5.41, 5.74) is 4.62. The lowest BCUT2D eigenvalue weighted by Gasteiger charge is -2.28. The molecule has 0 saturated carbocycles. The second-order valence-electron chi connectivity index (χ2n) is 6.85. The summed E-state index contributed by atoms with van der Waals surface area (Å²) in [5.74, 6) is 0. The van der Waals surface area contributed by atoms with E-state index in [1.807, 2.05) is 55.5 Å². The number of hydroxylamine groups is 2. The van der Waals surface area contributed by atoms with Gasteiger partial charge in [0.15, 0.2) is 0 Å². The van der Waals surface area contributed by atoms with Crippen LogP contribution in [0.5, 0.6) is 0 Å². The molecule has 4 nitrogen and oxygen atoms in total. The molecule has 1 heterocycles. The molecular weight excluding hydrogens is 394 g/mol. The highest BCUT2D eigenvalue weighted by molar-refractivity contribution is 7.86. The average molecular weight is 414 g/mol. The van der Waals surface area contributed by atoms with E-state index in [-0.39, 0.29) is 4.90 Å². The Morgan fingerprint density at radius 3 is 2.29 bits per heavy atom. The molecule has 0 unspecified atom stereocenters. The highest BCUT2D eigenvalue weighted by Crippen LogP contribution is 2.34. The Labute approximate surface area is 170 Å². The van der Waals surface area contributed by atoms with E-state index in [2.05, 4.69) is 0 Å². The number of hydrogen-bond donors (Lipinski definition) is 0. The van der Waals surface area contributed by atoms with Crippen LogP contribution in [-0.4, -0.2) is 26.6 Å². The summed E-state index contributed by atoms with van der Waals surface area (Å²) in [7, 11) is -3.84. The summed E-state index contributed by atoms with van der Waals surface area (Å²) >= 11 is 6.54. The summed E-state index contributed by atoms with van der Waals surface area (Å²) in [6.45, 7) is 3.21. The molecule has 0 N–H and O–H groups in total. The second kappa shape index (κ2) is 7.68. The molecule has 0 amide bonds. The predicted molar refractivity (Wildman–Crippen MR) is 112 cm³/mol. The first-order valence-corrected chi connectivity index (χ1v) is 10.9. The van der Waals surface area contributed by atoms with Crippen LogP contribution in [0.2, 0.25) is 5.02 Å². The van der Waals surface area contributed by atoms with Gasteiger partial charge in [0.1, 0.15) is 0 Å². The molecule has 3 aromatic carbocycles. The molecule has 1 fully saturated rings. The van der Waals surface area contributed by atoms with Crippen molar-refractivity contribution in [2.75, 3.05) is 13.1 Å². The summed E-state index contributed by atoms with van der Waals surface area (Å²) in [4.78, 5) is 0.142. The SMILES string of the molecule is Cc1ccc(S(=O)(=O)ON2CCC2)cc1-c1ccc(-c2ccccc2)c(Cl)c1. The minimum Gasteiger partial charge on any atom is -0.192 e. The van der Waals surface area contributed by atoms with Crippen molar-refractivity contribution >= 4 is 21.7 Å². The van der Waals surface area contributed by atoms with Crippen molar-refractivity contribution in [2.45, 2.75) is 18.2 Å². The third-order valence-corrected chi connectivity index (χ3v) is 6.43. The van der Waals surface area contributed by atoms with Crippen molar-refractivity contribution in [1.82, 2.24) is 5.06 Å². The molecule has 6 heteroatoms. The van der Waals surface area contributed by atoms with Crippen molar-refractivity contribution < 1.29 is 12.7 Å². The number of aryl methyl sites for hydroxylation is 1. The minimum atomic E-state index is -3.84. The Balaban J connectivity index is 1.70. The van der Waals surface area contributed by atoms with Crippen LogP contribution in [0.25, 0.3) is 22.3 Å². The van der Waals surface area contributed by atoms with Gasteiger partial charge >= 0.3 is 10.1 Å². The largest absolute Gasteiger partial charge is 0.313 e. The van der Waals surface area contributed by atoms with Crippen LogP contribution in [-0.2, 0) is 14.4 Å². The summed E-state index contributed by atoms with van der Waals surface area (Å²) in [5, 5.41) is 2.08. The van der Waals surface area contributed by atoms with Crippen LogP contribution in [0, 0.1) is 6.92 Å². The highest BCUT2D eigenvalue weighted by atomic mass is 35.5. The molecule has 144 valence electrons. The number of halogens is 1. The molecule has 0 aliphatic carbocycles. The molecule has 28 heavy (non-hydrogen) atoms. The number of nitrogens with zero attached hydrogens (tertiary/aromatic N) is 1. The standard InChI is InChI=1S/C22H20ClNO3S/c1-16-8-10-19(28(25,26)27-24-12-5-13-24)15-21(16)18-9-11-20(22(23)14-18)17-6-3-2-4-7-17/h2-4,6-11,14-15H,5,12-13H2,1H3. The topological polar surface area (TPSA) is 46.6 Å². The number of hydrogen-bond acceptors (Lipinski definition) is 4. The van der Waals surface area contributed by atoms with Crippen LogP contribution >= 0.6 is 11.6 Å². The highest BCUT2D eigenvalue weighted by Gasteiger charge is 2.25. The molecular formula is C22H20ClNO3S. The van der Waals surface area contributed by atoms with Crippen molar-refractivity contribution in [3.05, 3.63) is 77.3 Å². The third kappa shape index (κ3) is 3.84. The van der Waals surface area contributed by atoms with Gasteiger partial charge in [0, 0.05) is 23.7 Å². The number of benzene rings is 3. The van der Waals surface area contributed by atoms with Gasteiger partial charge in [-0.1, -0.05) is 60.1 Å². The van der Waals surface area contributed by atoms with Crippen LogP contribution in [0.15, 0.2) is 71.6 Å². The molecule has 0 spiro atoms. The third-order valence-electron chi connectivity index (χ3n) is 4.88. The lowest BCUT2D eigenvalue weighted by molar-refractivity contribution is -0.101. The molecule has 0 atom stereocenters. The first-order valence-electron chi connectivity index (χ1n) is 9.09. The van der Waals surface area contributed by atoms with E-state index in [0.29, 0.717) is 18.1 Å². The van der Waals surface area contributed by atoms with E-state index in [1.54, 1.807) is 18.2 Å². The second-order valence-corrected chi connectivity index (χ2v) is 8.78. The Morgan fingerprint density at radius 1 is 0.893 bits per heavy atom. The fraction of sp³-hybridized carbons (Fsp3) is 0.182. The molecule has 4 rings (SSSR count). The maximum atomic E-state index is 12.5. The van der Waals surface area contributed by atoms with E-state index in [0.717, 1.165) is 34.2 Å². The molecule has 1 aliphatic rings. The predicted octanol–water partition coefficient (Wildman–Crippen LogP) is 5.31. The Morgan fingerprint density at radius 2 is 1.64 bits per heavy atom. The van der Waals surface area contributed by atoms with Gasteiger partial charge in [-0.2, -0.15) is 17.8 Å². The van der Waals surface area contributed by atoms with Crippen molar-refractivity contribution in [1.29, 1.82) is 0 Å². The lowest BCUT2D eigenvalue weighted by Crippen LogP contribution is -2.38. The molecule has 0 bridgehead atoms. The van der Waals surface area contributed by atoms with Gasteiger partial charge < -0.3 is 0 Å². The number of rotatable bonds is 5. The van der Waals surface area contributed by atoms with E-state index < -0.39 is 10.1 Å². The summed E-state index contributed by atoms with van der Waals surface area (Å²) in [6.07, 6.45) is 0.945. The first kappa shape index (κ1) is 19.2. The van der Waals surface area contributed by atoms with Crippen molar-refractivity contribution in [3.8, 4) is 22.3 Å². The zero-order chi connectivity index (χ0) is 19.7. The van der Waals surface area contributed by atoms with Gasteiger partial charge in [0.2, 0.25) is 0 Å². The zero-order valence-corrected chi connectivity index (χ0v) is 17.0. The molecule has 0 aromatic heterocycles. The van der Waals surface area contributed by atoms with E-state index in [4.69, 9.17) is 15.9 Å². The van der Waals surface area contributed by atoms with Gasteiger partial charge in [-0.05, 0) is 53.8 Å². The van der Waals surface area contributed by atoms with Gasteiger partial charge in [-0.3, -0.25) is 0 Å². The van der Waals surface area contributed by atoms with Crippen LogP contribution in [0.3, 0.4) is 0 Å². The average Bonchev–Trinajstić information content (AvgIpc) is 2.66. The summed E-state index contributed by atoms with van der Waals surface area (Å²) in [6, 6.07) is 20.7. The first-order chi connectivity index (χ1) is 13.4. The Kier molecular flexibility index (Phi) is 5.25. The molecule has 3 aromatic rings. The maximum absolute atomic E-state index is 12.5. The van der Waals surface area contributed by atoms with Crippen LogP contribution < -0.4 is 0 Å². The molecule has 1 saturated heterocycles. The molecule has 1 aliphatic heterocycles. The summed E-state index contributed by atoms with van der Waals surface area (Å²) < 4.78 is 30.3. The fourth-order valence-electron chi connectivity index (χ4n) is 3.15. The minimum absolute atomic E-state index is 0.142. The van der Waals surface area contributed by atoms with E-state index in [1.165, 1.54) is 5.06 Å². The van der Waals surface area contributed by atoms with Crippen molar-refractivity contribution in [3.63, 3.8) is 0 Å². The Hall–Kier alpha value is -2.18. The normalized spacial score (nSPS) is 14.6. The van der Waals surface area contributed by atoms with E-state index >= 15 is 0 Å². The molecule has 0 radical (unpaired) electrons.